The molecule has 0 spiro atoms. The standard InChI is InChI=1S/C21H26N4O3/c1-2-24(14-17-5-6-18-19(11-17)28-15-27-18)21(26)23-13-16-7-8-22-20(12-16)25-9-3-4-10-25/h5-8,11-12H,2-4,9-10,13-15H2,1H3,(H,23,26). The van der Waals surface area contributed by atoms with E-state index in [0.29, 0.717) is 19.6 Å². The first-order valence-electron chi connectivity index (χ1n) is 9.84. The Labute approximate surface area is 165 Å². The second kappa shape index (κ2) is 8.37. The van der Waals surface area contributed by atoms with Gasteiger partial charge in [-0.2, -0.15) is 0 Å². The van der Waals surface area contributed by atoms with Gasteiger partial charge in [0.15, 0.2) is 11.5 Å². The van der Waals surface area contributed by atoms with Gasteiger partial charge in [-0.15, -0.1) is 0 Å². The van der Waals surface area contributed by atoms with Crippen LogP contribution in [0.4, 0.5) is 10.6 Å². The zero-order valence-corrected chi connectivity index (χ0v) is 16.2. The van der Waals surface area contributed by atoms with Crippen molar-refractivity contribution in [1.29, 1.82) is 0 Å². The van der Waals surface area contributed by atoms with E-state index in [2.05, 4.69) is 21.3 Å². The Bertz CT molecular complexity index is 836. The van der Waals surface area contributed by atoms with Crippen molar-refractivity contribution in [2.45, 2.75) is 32.9 Å². The van der Waals surface area contributed by atoms with E-state index in [1.807, 2.05) is 37.4 Å². The lowest BCUT2D eigenvalue weighted by Gasteiger charge is -2.22. The van der Waals surface area contributed by atoms with Crippen LogP contribution in [0.3, 0.4) is 0 Å². The Morgan fingerprint density at radius 1 is 1.14 bits per heavy atom. The molecule has 1 aromatic heterocycles. The molecule has 7 heteroatoms. The SMILES string of the molecule is CCN(Cc1ccc2c(c1)OCO2)C(=O)NCc1ccnc(N2CCCC2)c1. The van der Waals surface area contributed by atoms with Crippen LogP contribution in [0.2, 0.25) is 0 Å². The highest BCUT2D eigenvalue weighted by atomic mass is 16.7. The Balaban J connectivity index is 1.35. The number of carbonyl (C=O) groups is 1. The summed E-state index contributed by atoms with van der Waals surface area (Å²) in [5, 5.41) is 3.03. The van der Waals surface area contributed by atoms with Crippen molar-refractivity contribution in [2.75, 3.05) is 31.3 Å². The number of pyridine rings is 1. The van der Waals surface area contributed by atoms with Crippen molar-refractivity contribution in [3.05, 3.63) is 47.7 Å². The molecule has 148 valence electrons. The second-order valence-corrected chi connectivity index (χ2v) is 7.08. The van der Waals surface area contributed by atoms with E-state index in [4.69, 9.17) is 9.47 Å². The van der Waals surface area contributed by atoms with E-state index >= 15 is 0 Å². The zero-order valence-electron chi connectivity index (χ0n) is 16.2. The molecule has 7 nitrogen and oxygen atoms in total. The predicted octanol–water partition coefficient (Wildman–Crippen LogP) is 3.14. The lowest BCUT2D eigenvalue weighted by Crippen LogP contribution is -2.39. The van der Waals surface area contributed by atoms with E-state index in [1.54, 1.807) is 4.90 Å². The molecule has 0 radical (unpaired) electrons. The van der Waals surface area contributed by atoms with Gasteiger partial charge in [0.05, 0.1) is 0 Å². The summed E-state index contributed by atoms with van der Waals surface area (Å²) in [6, 6.07) is 9.73. The number of ether oxygens (including phenoxy) is 2. The van der Waals surface area contributed by atoms with Crippen molar-refractivity contribution < 1.29 is 14.3 Å². The average molecular weight is 382 g/mol. The van der Waals surface area contributed by atoms with Gasteiger partial charge in [-0.3, -0.25) is 0 Å². The summed E-state index contributed by atoms with van der Waals surface area (Å²) >= 11 is 0. The molecule has 2 aliphatic rings. The monoisotopic (exact) mass is 382 g/mol. The van der Waals surface area contributed by atoms with E-state index in [-0.39, 0.29) is 12.8 Å². The van der Waals surface area contributed by atoms with Crippen molar-refractivity contribution in [3.8, 4) is 11.5 Å². The number of rotatable bonds is 6. The van der Waals surface area contributed by atoms with E-state index < -0.39 is 0 Å². The van der Waals surface area contributed by atoms with Gasteiger partial charge in [0.2, 0.25) is 6.79 Å². The summed E-state index contributed by atoms with van der Waals surface area (Å²) in [5.74, 6) is 2.49. The highest BCUT2D eigenvalue weighted by Crippen LogP contribution is 2.32. The number of hydrogen-bond acceptors (Lipinski definition) is 5. The maximum Gasteiger partial charge on any atom is 0.317 e. The van der Waals surface area contributed by atoms with Crippen molar-refractivity contribution in [1.82, 2.24) is 15.2 Å². The van der Waals surface area contributed by atoms with Crippen LogP contribution in [0.1, 0.15) is 30.9 Å². The first kappa shape index (κ1) is 18.4. The number of amides is 2. The van der Waals surface area contributed by atoms with E-state index in [1.165, 1.54) is 12.8 Å². The number of anilines is 1. The maximum atomic E-state index is 12.7. The average Bonchev–Trinajstić information content (AvgIpc) is 3.42. The Morgan fingerprint density at radius 2 is 1.96 bits per heavy atom. The van der Waals surface area contributed by atoms with Gasteiger partial charge in [-0.1, -0.05) is 6.07 Å². The third-order valence-electron chi connectivity index (χ3n) is 5.16. The smallest absolute Gasteiger partial charge is 0.317 e. The molecule has 0 bridgehead atoms. The van der Waals surface area contributed by atoms with Crippen molar-refractivity contribution >= 4 is 11.8 Å². The number of nitrogens with zero attached hydrogens (tertiary/aromatic N) is 3. The zero-order chi connectivity index (χ0) is 19.3. The fourth-order valence-corrected chi connectivity index (χ4v) is 3.57. The molecule has 0 atom stereocenters. The first-order valence-corrected chi connectivity index (χ1v) is 9.84. The minimum atomic E-state index is -0.0836. The van der Waals surface area contributed by atoms with Gasteiger partial charge in [-0.05, 0) is 55.2 Å². The Kier molecular flexibility index (Phi) is 5.50. The molecule has 4 rings (SSSR count). The lowest BCUT2D eigenvalue weighted by molar-refractivity contribution is 0.173. The van der Waals surface area contributed by atoms with Crippen LogP contribution in [0.25, 0.3) is 0 Å². The highest BCUT2D eigenvalue weighted by molar-refractivity contribution is 5.74. The van der Waals surface area contributed by atoms with E-state index in [9.17, 15) is 4.79 Å². The third-order valence-corrected chi connectivity index (χ3v) is 5.16. The van der Waals surface area contributed by atoms with Gasteiger partial charge in [0.25, 0.3) is 0 Å². The molecule has 1 N–H and O–H groups in total. The van der Waals surface area contributed by atoms with Crippen LogP contribution < -0.4 is 19.7 Å². The quantitative estimate of drug-likeness (QED) is 0.831. The Hall–Kier alpha value is -2.96. The van der Waals surface area contributed by atoms with Gasteiger partial charge in [0.1, 0.15) is 5.82 Å². The van der Waals surface area contributed by atoms with Gasteiger partial charge < -0.3 is 24.6 Å². The largest absolute Gasteiger partial charge is 0.454 e. The van der Waals surface area contributed by atoms with E-state index in [0.717, 1.165) is 41.5 Å². The molecule has 2 aliphatic heterocycles. The van der Waals surface area contributed by atoms with Gasteiger partial charge in [-0.25, -0.2) is 9.78 Å². The number of hydrogen-bond donors (Lipinski definition) is 1. The highest BCUT2D eigenvalue weighted by Gasteiger charge is 2.17. The molecule has 2 aromatic rings. The van der Waals surface area contributed by atoms with Crippen LogP contribution in [-0.2, 0) is 13.1 Å². The molecule has 0 aliphatic carbocycles. The molecule has 2 amide bonds. The van der Waals surface area contributed by atoms with Gasteiger partial charge in [0, 0.05) is 38.9 Å². The molecular weight excluding hydrogens is 356 g/mol. The summed E-state index contributed by atoms with van der Waals surface area (Å²) in [5.41, 5.74) is 2.07. The van der Waals surface area contributed by atoms with Gasteiger partial charge >= 0.3 is 6.03 Å². The van der Waals surface area contributed by atoms with Crippen molar-refractivity contribution in [3.63, 3.8) is 0 Å². The number of benzene rings is 1. The minimum absolute atomic E-state index is 0.0836. The molecule has 1 fully saturated rings. The molecule has 28 heavy (non-hydrogen) atoms. The number of aromatic nitrogens is 1. The number of carbonyl (C=O) groups excluding carboxylic acids is 1. The van der Waals surface area contributed by atoms with Crippen LogP contribution in [-0.4, -0.2) is 42.3 Å². The summed E-state index contributed by atoms with van der Waals surface area (Å²) in [6.07, 6.45) is 4.25. The summed E-state index contributed by atoms with van der Waals surface area (Å²) in [7, 11) is 0. The van der Waals surface area contributed by atoms with Crippen LogP contribution in [0.15, 0.2) is 36.5 Å². The van der Waals surface area contributed by atoms with Crippen LogP contribution in [0, 0.1) is 0 Å². The maximum absolute atomic E-state index is 12.7. The number of urea groups is 1. The normalized spacial score (nSPS) is 15.0. The second-order valence-electron chi connectivity index (χ2n) is 7.08. The summed E-state index contributed by atoms with van der Waals surface area (Å²) in [4.78, 5) is 21.2. The fourth-order valence-electron chi connectivity index (χ4n) is 3.57. The summed E-state index contributed by atoms with van der Waals surface area (Å²) in [6.45, 7) is 5.97. The topological polar surface area (TPSA) is 66.9 Å². The number of fused-ring (bicyclic) bond motifs is 1. The summed E-state index contributed by atoms with van der Waals surface area (Å²) < 4.78 is 10.8. The molecule has 3 heterocycles. The minimum Gasteiger partial charge on any atom is -0.454 e. The van der Waals surface area contributed by atoms with Crippen LogP contribution in [0.5, 0.6) is 11.5 Å². The molecule has 1 aromatic carbocycles. The Morgan fingerprint density at radius 3 is 2.79 bits per heavy atom. The number of nitrogens with one attached hydrogen (secondary N) is 1. The molecule has 0 unspecified atom stereocenters. The first-order chi connectivity index (χ1) is 13.7. The molecule has 1 saturated heterocycles. The molecular formula is C21H26N4O3. The molecule has 0 saturated carbocycles. The van der Waals surface area contributed by atoms with Crippen LogP contribution >= 0.6 is 0 Å². The van der Waals surface area contributed by atoms with Crippen molar-refractivity contribution in [2.24, 2.45) is 0 Å². The lowest BCUT2D eigenvalue weighted by atomic mass is 10.2. The predicted molar refractivity (Wildman–Crippen MR) is 107 cm³/mol. The third kappa shape index (κ3) is 4.13. The fraction of sp³-hybridized carbons (Fsp3) is 0.429.